The number of hydrogen-bond acceptors (Lipinski definition) is 6. The Bertz CT molecular complexity index is 620. The van der Waals surface area contributed by atoms with Gasteiger partial charge in [0.05, 0.1) is 0 Å². The molecule has 2 rings (SSSR count). The van der Waals surface area contributed by atoms with Crippen LogP contribution in [0.25, 0.3) is 0 Å². The van der Waals surface area contributed by atoms with E-state index < -0.39 is 0 Å². The van der Waals surface area contributed by atoms with E-state index in [1.807, 2.05) is 11.6 Å². The summed E-state index contributed by atoms with van der Waals surface area (Å²) in [6, 6.07) is 11.3. The van der Waals surface area contributed by atoms with Crippen LogP contribution in [0.5, 0.6) is 0 Å². The minimum Gasteiger partial charge on any atom is -0.317 e. The van der Waals surface area contributed by atoms with Crippen LogP contribution in [0.1, 0.15) is 62.4 Å². The van der Waals surface area contributed by atoms with Crippen molar-refractivity contribution in [3.05, 3.63) is 52.5 Å². The predicted octanol–water partition coefficient (Wildman–Crippen LogP) is 4.32. The van der Waals surface area contributed by atoms with Gasteiger partial charge < -0.3 is 21.3 Å². The third-order valence-corrected chi connectivity index (χ3v) is 6.30. The highest BCUT2D eigenvalue weighted by Gasteiger charge is 2.04. The fourth-order valence-corrected chi connectivity index (χ4v) is 4.22. The van der Waals surface area contributed by atoms with Crippen molar-refractivity contribution in [1.82, 2.24) is 26.3 Å². The fourth-order valence-electron chi connectivity index (χ4n) is 3.63. The molecule has 0 fully saturated rings. The molecular weight excluding hydrogens is 402 g/mol. The molecule has 5 nitrogen and oxygen atoms in total. The smallest absolute Gasteiger partial charge is 0.106 e. The van der Waals surface area contributed by atoms with Crippen LogP contribution in [0.2, 0.25) is 0 Å². The summed E-state index contributed by atoms with van der Waals surface area (Å²) in [6.45, 7) is 9.58. The Kier molecular flexibility index (Phi) is 15.3. The Morgan fingerprint density at radius 1 is 0.806 bits per heavy atom. The van der Waals surface area contributed by atoms with Gasteiger partial charge >= 0.3 is 0 Å². The third kappa shape index (κ3) is 13.7. The van der Waals surface area contributed by atoms with Crippen molar-refractivity contribution in [2.45, 2.75) is 71.0 Å². The number of unbranched alkanes of at least 4 members (excludes halogenated alkanes) is 3. The average molecular weight is 446 g/mol. The van der Waals surface area contributed by atoms with Crippen molar-refractivity contribution < 1.29 is 0 Å². The lowest BCUT2D eigenvalue weighted by Crippen LogP contribution is -2.35. The highest BCUT2D eigenvalue weighted by Crippen LogP contribution is 2.03. The van der Waals surface area contributed by atoms with E-state index in [9.17, 15) is 0 Å². The maximum atomic E-state index is 4.29. The molecule has 1 aromatic heterocycles. The van der Waals surface area contributed by atoms with Crippen molar-refractivity contribution in [2.75, 3.05) is 32.7 Å². The lowest BCUT2D eigenvalue weighted by Gasteiger charge is -2.17. The van der Waals surface area contributed by atoms with E-state index in [2.05, 4.69) is 63.5 Å². The van der Waals surface area contributed by atoms with E-state index in [-0.39, 0.29) is 0 Å². The molecule has 1 unspecified atom stereocenters. The van der Waals surface area contributed by atoms with E-state index in [4.69, 9.17) is 0 Å². The van der Waals surface area contributed by atoms with E-state index in [1.165, 1.54) is 50.5 Å². The first-order chi connectivity index (χ1) is 15.4. The number of aromatic nitrogens is 1. The van der Waals surface area contributed by atoms with Crippen molar-refractivity contribution in [2.24, 2.45) is 0 Å². The van der Waals surface area contributed by atoms with Crippen molar-refractivity contribution >= 4 is 11.3 Å². The Hall–Kier alpha value is -1.31. The van der Waals surface area contributed by atoms with Crippen LogP contribution in [-0.4, -0.2) is 43.7 Å². The molecule has 31 heavy (non-hydrogen) atoms. The molecule has 0 aliphatic heterocycles. The topological polar surface area (TPSA) is 61.0 Å². The molecule has 0 saturated carbocycles. The fraction of sp³-hybridized carbons (Fsp3) is 0.640. The summed E-state index contributed by atoms with van der Waals surface area (Å²) in [4.78, 5) is 4.29. The molecule has 0 radical (unpaired) electrons. The molecule has 1 aromatic carbocycles. The number of benzene rings is 1. The zero-order chi connectivity index (χ0) is 21.8. The maximum Gasteiger partial charge on any atom is 0.106 e. The van der Waals surface area contributed by atoms with Crippen molar-refractivity contribution in [3.63, 3.8) is 0 Å². The van der Waals surface area contributed by atoms with Crippen LogP contribution in [0, 0.1) is 0 Å². The lowest BCUT2D eigenvalue weighted by molar-refractivity contribution is 0.441. The second kappa shape index (κ2) is 18.3. The first-order valence-corrected chi connectivity index (χ1v) is 13.0. The highest BCUT2D eigenvalue weighted by molar-refractivity contribution is 7.09. The number of rotatable bonds is 20. The summed E-state index contributed by atoms with van der Waals surface area (Å²) in [5, 5.41) is 17.5. The maximum absolute atomic E-state index is 4.29. The molecule has 4 N–H and O–H groups in total. The molecule has 0 aliphatic rings. The van der Waals surface area contributed by atoms with Gasteiger partial charge in [-0.2, -0.15) is 0 Å². The zero-order valence-electron chi connectivity index (χ0n) is 19.4. The van der Waals surface area contributed by atoms with Gasteiger partial charge in [-0.25, -0.2) is 4.98 Å². The quantitative estimate of drug-likeness (QED) is 0.229. The molecule has 1 heterocycles. The summed E-state index contributed by atoms with van der Waals surface area (Å²) in [7, 11) is 0. The summed E-state index contributed by atoms with van der Waals surface area (Å²) in [6.07, 6.45) is 10.8. The number of thiazole rings is 1. The van der Waals surface area contributed by atoms with Gasteiger partial charge in [0.2, 0.25) is 0 Å². The second-order valence-electron chi connectivity index (χ2n) is 8.13. The zero-order valence-corrected chi connectivity index (χ0v) is 20.2. The first-order valence-electron chi connectivity index (χ1n) is 12.2. The average Bonchev–Trinajstić information content (AvgIpc) is 3.32. The standard InChI is InChI=1S/C25H43N5S/c1-2-24(29-18-17-28-22-25-30-19-20-31-25)13-10-16-26-14-8-3-4-9-15-27-21-23-11-6-5-7-12-23/h5-7,11-12,19-20,24,26-29H,2-4,8-10,13-18,21-22H2,1H3. The SMILES string of the molecule is CCC(CCCNCCCCCCNCc1ccccc1)NCCNCc1nccs1. The van der Waals surface area contributed by atoms with E-state index in [1.54, 1.807) is 11.3 Å². The third-order valence-electron chi connectivity index (χ3n) is 5.52. The number of nitrogens with one attached hydrogen (secondary N) is 4. The summed E-state index contributed by atoms with van der Waals surface area (Å²) in [5.41, 5.74) is 1.37. The van der Waals surface area contributed by atoms with Crippen molar-refractivity contribution in [1.29, 1.82) is 0 Å². The summed E-state index contributed by atoms with van der Waals surface area (Å²) < 4.78 is 0. The van der Waals surface area contributed by atoms with Crippen LogP contribution in [-0.2, 0) is 13.1 Å². The minimum atomic E-state index is 0.631. The molecular formula is C25H43N5S. The molecule has 0 amide bonds. The first kappa shape index (κ1) is 25.9. The molecule has 0 bridgehead atoms. The molecule has 0 aliphatic carbocycles. The van der Waals surface area contributed by atoms with Crippen LogP contribution in [0.4, 0.5) is 0 Å². The van der Waals surface area contributed by atoms with Gasteiger partial charge in [0.25, 0.3) is 0 Å². The Morgan fingerprint density at radius 3 is 2.29 bits per heavy atom. The molecule has 2 aromatic rings. The Balaban J connectivity index is 1.31. The second-order valence-corrected chi connectivity index (χ2v) is 9.11. The normalized spacial score (nSPS) is 12.3. The van der Waals surface area contributed by atoms with Crippen LogP contribution in [0.3, 0.4) is 0 Å². The van der Waals surface area contributed by atoms with E-state index in [0.717, 1.165) is 50.8 Å². The largest absolute Gasteiger partial charge is 0.317 e. The molecule has 0 spiro atoms. The number of nitrogens with zero attached hydrogens (tertiary/aromatic N) is 1. The van der Waals surface area contributed by atoms with Gasteiger partial charge in [0.15, 0.2) is 0 Å². The van der Waals surface area contributed by atoms with Gasteiger partial charge in [-0.05, 0) is 57.3 Å². The van der Waals surface area contributed by atoms with Gasteiger partial charge in [0, 0.05) is 43.8 Å². The Morgan fingerprint density at radius 2 is 1.55 bits per heavy atom. The monoisotopic (exact) mass is 445 g/mol. The van der Waals surface area contributed by atoms with Gasteiger partial charge in [-0.1, -0.05) is 50.1 Å². The molecule has 0 saturated heterocycles. The van der Waals surface area contributed by atoms with E-state index in [0.29, 0.717) is 6.04 Å². The highest BCUT2D eigenvalue weighted by atomic mass is 32.1. The van der Waals surface area contributed by atoms with Crippen LogP contribution in [0.15, 0.2) is 41.9 Å². The minimum absolute atomic E-state index is 0.631. The molecule has 174 valence electrons. The van der Waals surface area contributed by atoms with Gasteiger partial charge in [-0.15, -0.1) is 11.3 Å². The summed E-state index contributed by atoms with van der Waals surface area (Å²) >= 11 is 1.71. The molecule has 1 atom stereocenters. The van der Waals surface area contributed by atoms with Crippen LogP contribution < -0.4 is 21.3 Å². The predicted molar refractivity (Wildman–Crippen MR) is 135 cm³/mol. The molecule has 6 heteroatoms. The number of hydrogen-bond donors (Lipinski definition) is 4. The lowest BCUT2D eigenvalue weighted by atomic mass is 10.1. The Labute approximate surface area is 193 Å². The van der Waals surface area contributed by atoms with Gasteiger partial charge in [-0.3, -0.25) is 0 Å². The van der Waals surface area contributed by atoms with Crippen molar-refractivity contribution in [3.8, 4) is 0 Å². The van der Waals surface area contributed by atoms with E-state index >= 15 is 0 Å². The summed E-state index contributed by atoms with van der Waals surface area (Å²) in [5.74, 6) is 0. The van der Waals surface area contributed by atoms with Crippen LogP contribution >= 0.6 is 11.3 Å². The van der Waals surface area contributed by atoms with Gasteiger partial charge in [0.1, 0.15) is 5.01 Å².